The molecule has 0 spiro atoms. The number of Topliss-reactive ketones (excluding diaryl/α,β-unsaturated/α-hetero) is 1. The van der Waals surface area contributed by atoms with Gasteiger partial charge in [0.2, 0.25) is 11.8 Å². The van der Waals surface area contributed by atoms with Gasteiger partial charge in [0.1, 0.15) is 0 Å². The number of ketones is 1. The van der Waals surface area contributed by atoms with Gasteiger partial charge in [-0.3, -0.25) is 14.4 Å². The Balaban J connectivity index is 0.000000158. The van der Waals surface area contributed by atoms with Crippen LogP contribution >= 0.6 is 0 Å². The summed E-state index contributed by atoms with van der Waals surface area (Å²) in [6, 6.07) is 36.5. The molecule has 0 unspecified atom stereocenters. The quantitative estimate of drug-likeness (QED) is 0.309. The Bertz CT molecular complexity index is 1420. The van der Waals surface area contributed by atoms with Gasteiger partial charge in [0.15, 0.2) is 5.78 Å². The van der Waals surface area contributed by atoms with Crippen LogP contribution in [-0.4, -0.2) is 29.7 Å². The molecule has 4 aromatic rings. The molecule has 0 saturated carbocycles. The lowest BCUT2D eigenvalue weighted by molar-refractivity contribution is -0.120. The highest BCUT2D eigenvalue weighted by molar-refractivity contribution is 6.03. The van der Waals surface area contributed by atoms with Crippen LogP contribution in [0.25, 0.3) is 22.3 Å². The summed E-state index contributed by atoms with van der Waals surface area (Å²) in [5.41, 5.74) is 6.62. The largest absolute Gasteiger partial charge is 0.353 e. The van der Waals surface area contributed by atoms with Gasteiger partial charge in [-0.1, -0.05) is 109 Å². The van der Waals surface area contributed by atoms with E-state index in [0.717, 1.165) is 24.0 Å². The van der Waals surface area contributed by atoms with Crippen molar-refractivity contribution in [1.29, 1.82) is 0 Å². The third-order valence-corrected chi connectivity index (χ3v) is 7.22. The van der Waals surface area contributed by atoms with E-state index in [1.54, 1.807) is 0 Å². The van der Waals surface area contributed by atoms with Crippen molar-refractivity contribution in [3.05, 3.63) is 120 Å². The van der Waals surface area contributed by atoms with Crippen molar-refractivity contribution >= 4 is 17.6 Å². The maximum Gasteiger partial charge on any atom is 0.220 e. The lowest BCUT2D eigenvalue weighted by Gasteiger charge is -2.10. The molecule has 2 N–H and O–H groups in total. The van der Waals surface area contributed by atoms with E-state index in [9.17, 15) is 14.4 Å². The van der Waals surface area contributed by atoms with Gasteiger partial charge in [-0.25, -0.2) is 0 Å². The predicted molar refractivity (Wildman–Crippen MR) is 154 cm³/mol. The summed E-state index contributed by atoms with van der Waals surface area (Å²) in [6.45, 7) is 0. The minimum Gasteiger partial charge on any atom is -0.353 e. The lowest BCUT2D eigenvalue weighted by atomic mass is 9.99. The summed E-state index contributed by atoms with van der Waals surface area (Å²) < 4.78 is 0. The molecule has 2 aliphatic rings. The third-order valence-electron chi connectivity index (χ3n) is 7.22. The molecule has 6 rings (SSSR count). The average Bonchev–Trinajstić information content (AvgIpc) is 3.62. The number of hydrogen-bond acceptors (Lipinski definition) is 3. The topological polar surface area (TPSA) is 75.3 Å². The first-order valence-corrected chi connectivity index (χ1v) is 13.5. The van der Waals surface area contributed by atoms with Crippen molar-refractivity contribution in [3.63, 3.8) is 0 Å². The average molecular weight is 517 g/mol. The first-order chi connectivity index (χ1) is 19.0. The summed E-state index contributed by atoms with van der Waals surface area (Å²) in [7, 11) is 0. The summed E-state index contributed by atoms with van der Waals surface area (Å²) >= 11 is 0. The number of carbonyl (C=O) groups is 3. The molecule has 2 aliphatic heterocycles. The number of carbonyl (C=O) groups excluding carboxylic acids is 3. The highest BCUT2D eigenvalue weighted by atomic mass is 16.2. The van der Waals surface area contributed by atoms with Crippen LogP contribution in [0.2, 0.25) is 0 Å². The second-order valence-corrected chi connectivity index (χ2v) is 10.0. The van der Waals surface area contributed by atoms with Crippen molar-refractivity contribution in [1.82, 2.24) is 10.6 Å². The van der Waals surface area contributed by atoms with Gasteiger partial charge in [0.25, 0.3) is 0 Å². The van der Waals surface area contributed by atoms with E-state index in [4.69, 9.17) is 0 Å². The number of amides is 2. The Morgan fingerprint density at radius 3 is 1.56 bits per heavy atom. The van der Waals surface area contributed by atoms with Gasteiger partial charge in [0, 0.05) is 24.4 Å². The smallest absolute Gasteiger partial charge is 0.220 e. The maximum atomic E-state index is 12.2. The molecular weight excluding hydrogens is 484 g/mol. The Labute approximate surface area is 229 Å². The Kier molecular flexibility index (Phi) is 8.27. The molecular formula is C34H32N2O3. The fourth-order valence-electron chi connectivity index (χ4n) is 5.05. The molecule has 2 fully saturated rings. The zero-order valence-electron chi connectivity index (χ0n) is 21.8. The minimum absolute atomic E-state index is 0.00420. The van der Waals surface area contributed by atoms with Gasteiger partial charge < -0.3 is 10.6 Å². The van der Waals surface area contributed by atoms with Gasteiger partial charge in [0.05, 0.1) is 6.04 Å². The molecule has 0 aliphatic carbocycles. The monoisotopic (exact) mass is 516 g/mol. The van der Waals surface area contributed by atoms with Crippen molar-refractivity contribution in [2.24, 2.45) is 0 Å². The SMILES string of the molecule is O=C1CC[C@@H](C(=O)c2ccc(-c3ccccc3)cc2)N1.O=C1CC[C@@H](Cc2ccc(-c3ccccc3)cc2)N1. The van der Waals surface area contributed by atoms with Crippen molar-refractivity contribution in [2.45, 2.75) is 44.2 Å². The highest BCUT2D eigenvalue weighted by Crippen LogP contribution is 2.22. The molecule has 0 bridgehead atoms. The Morgan fingerprint density at radius 1 is 0.590 bits per heavy atom. The zero-order chi connectivity index (χ0) is 27.0. The number of rotatable bonds is 6. The maximum absolute atomic E-state index is 12.2. The molecule has 0 aromatic heterocycles. The van der Waals surface area contributed by atoms with Gasteiger partial charge in [-0.05, 0) is 47.1 Å². The van der Waals surface area contributed by atoms with Crippen molar-refractivity contribution < 1.29 is 14.4 Å². The van der Waals surface area contributed by atoms with E-state index in [1.165, 1.54) is 16.7 Å². The number of hydrogen-bond donors (Lipinski definition) is 2. The van der Waals surface area contributed by atoms with Crippen LogP contribution in [0, 0.1) is 0 Å². The molecule has 5 nitrogen and oxygen atoms in total. The van der Waals surface area contributed by atoms with Gasteiger partial charge in [-0.15, -0.1) is 0 Å². The molecule has 2 heterocycles. The summed E-state index contributed by atoms with van der Waals surface area (Å²) in [6.07, 6.45) is 3.60. The molecule has 2 amide bonds. The second-order valence-electron chi connectivity index (χ2n) is 10.0. The van der Waals surface area contributed by atoms with E-state index in [-0.39, 0.29) is 23.6 Å². The van der Waals surface area contributed by atoms with Crippen LogP contribution in [0.1, 0.15) is 41.6 Å². The zero-order valence-corrected chi connectivity index (χ0v) is 21.8. The summed E-state index contributed by atoms with van der Waals surface area (Å²) in [5, 5.41) is 5.72. The van der Waals surface area contributed by atoms with Gasteiger partial charge >= 0.3 is 0 Å². The molecule has 0 radical (unpaired) electrons. The molecule has 4 aromatic carbocycles. The molecule has 39 heavy (non-hydrogen) atoms. The Hall–Kier alpha value is -4.51. The van der Waals surface area contributed by atoms with E-state index in [2.05, 4.69) is 59.2 Å². The van der Waals surface area contributed by atoms with Crippen LogP contribution in [0.15, 0.2) is 109 Å². The third kappa shape index (κ3) is 6.88. The van der Waals surface area contributed by atoms with Crippen LogP contribution in [0.5, 0.6) is 0 Å². The number of nitrogens with one attached hydrogen (secondary N) is 2. The summed E-state index contributed by atoms with van der Waals surface area (Å²) in [5.74, 6) is 0.144. The van der Waals surface area contributed by atoms with E-state index in [1.807, 2.05) is 60.7 Å². The molecule has 5 heteroatoms. The van der Waals surface area contributed by atoms with Crippen molar-refractivity contribution in [2.75, 3.05) is 0 Å². The minimum atomic E-state index is -0.356. The normalized spacial score (nSPS) is 18.1. The first kappa shape index (κ1) is 26.1. The second kappa shape index (κ2) is 12.4. The molecule has 196 valence electrons. The fraction of sp³-hybridized carbons (Fsp3) is 0.206. The van der Waals surface area contributed by atoms with Crippen LogP contribution < -0.4 is 10.6 Å². The molecule has 2 atom stereocenters. The lowest BCUT2D eigenvalue weighted by Crippen LogP contribution is -2.33. The Morgan fingerprint density at radius 2 is 1.08 bits per heavy atom. The van der Waals surface area contributed by atoms with Crippen LogP contribution in [0.3, 0.4) is 0 Å². The van der Waals surface area contributed by atoms with Crippen LogP contribution in [-0.2, 0) is 16.0 Å². The van der Waals surface area contributed by atoms with E-state index >= 15 is 0 Å². The number of benzene rings is 4. The van der Waals surface area contributed by atoms with E-state index in [0.29, 0.717) is 30.9 Å². The van der Waals surface area contributed by atoms with Gasteiger partial charge in [-0.2, -0.15) is 0 Å². The fourth-order valence-corrected chi connectivity index (χ4v) is 5.05. The standard InChI is InChI=1S/C17H15NO2.C17H17NO/c19-16-11-10-15(18-16)17(20)14-8-6-13(7-9-14)12-4-2-1-3-5-12;19-17-11-10-16(18-17)12-13-6-8-15(9-7-13)14-4-2-1-3-5-14/h1-9,15H,10-11H2,(H,18,19);1-9,16H,10-12H2,(H,18,19)/t15-;16-/m00/s1. The van der Waals surface area contributed by atoms with E-state index < -0.39 is 0 Å². The van der Waals surface area contributed by atoms with Crippen molar-refractivity contribution in [3.8, 4) is 22.3 Å². The summed E-state index contributed by atoms with van der Waals surface area (Å²) in [4.78, 5) is 34.6. The van der Waals surface area contributed by atoms with Crippen LogP contribution in [0.4, 0.5) is 0 Å². The molecule has 2 saturated heterocycles. The first-order valence-electron chi connectivity index (χ1n) is 13.5. The predicted octanol–water partition coefficient (Wildman–Crippen LogP) is 5.99. The highest BCUT2D eigenvalue weighted by Gasteiger charge is 2.27.